The normalized spacial score (nSPS) is 23.6. The van der Waals surface area contributed by atoms with Gasteiger partial charge in [-0.05, 0) is 31.4 Å². The van der Waals surface area contributed by atoms with Crippen LogP contribution in [0.5, 0.6) is 5.75 Å². The summed E-state index contributed by atoms with van der Waals surface area (Å²) in [5, 5.41) is 7.36. The first-order chi connectivity index (χ1) is 11.8. The van der Waals surface area contributed by atoms with Gasteiger partial charge < -0.3 is 4.74 Å². The van der Waals surface area contributed by atoms with E-state index in [9.17, 15) is 0 Å². The molecule has 0 saturated heterocycles. The van der Waals surface area contributed by atoms with Crippen molar-refractivity contribution in [2.24, 2.45) is 5.10 Å². The Hall–Kier alpha value is -2.29. The van der Waals surface area contributed by atoms with Gasteiger partial charge in [-0.1, -0.05) is 48.0 Å². The topological polar surface area (TPSA) is 24.8 Å². The second-order valence-corrected chi connectivity index (χ2v) is 7.27. The molecule has 0 aromatic heterocycles. The lowest BCUT2D eigenvalue weighted by Gasteiger charge is -2.45. The molecule has 1 unspecified atom stereocenters. The van der Waals surface area contributed by atoms with Gasteiger partial charge in [-0.25, -0.2) is 5.01 Å². The Kier molecular flexibility index (Phi) is 2.99. The molecule has 5 rings (SSSR count). The number of hydrazone groups is 1. The first-order valence-corrected chi connectivity index (χ1v) is 8.97. The summed E-state index contributed by atoms with van der Waals surface area (Å²) in [6.07, 6.45) is 5.55. The van der Waals surface area contributed by atoms with Gasteiger partial charge in [0, 0.05) is 24.8 Å². The van der Waals surface area contributed by atoms with Crippen LogP contribution in [0.3, 0.4) is 0 Å². The lowest BCUT2D eigenvalue weighted by Crippen LogP contribution is -2.51. The van der Waals surface area contributed by atoms with Crippen molar-refractivity contribution in [3.05, 3.63) is 65.2 Å². The van der Waals surface area contributed by atoms with E-state index in [4.69, 9.17) is 9.84 Å². The summed E-state index contributed by atoms with van der Waals surface area (Å²) in [5.74, 6) is 1.06. The number of para-hydroxylation sites is 1. The highest BCUT2D eigenvalue weighted by atomic mass is 16.5. The summed E-state index contributed by atoms with van der Waals surface area (Å²) >= 11 is 0. The summed E-state index contributed by atoms with van der Waals surface area (Å²) in [5.41, 5.74) is 4.76. The molecular weight excluding hydrogens is 296 g/mol. The van der Waals surface area contributed by atoms with Gasteiger partial charge >= 0.3 is 0 Å². The minimum absolute atomic E-state index is 0.231. The number of nitrogens with zero attached hydrogens (tertiary/aromatic N) is 2. The van der Waals surface area contributed by atoms with Crippen LogP contribution in [0, 0.1) is 6.92 Å². The zero-order valence-corrected chi connectivity index (χ0v) is 14.0. The summed E-state index contributed by atoms with van der Waals surface area (Å²) in [6.45, 7) is 2.13. The van der Waals surface area contributed by atoms with Gasteiger partial charge in [0.15, 0.2) is 5.72 Å². The molecule has 3 aliphatic rings. The van der Waals surface area contributed by atoms with Crippen LogP contribution in [0.1, 0.15) is 54.8 Å². The van der Waals surface area contributed by atoms with Crippen molar-refractivity contribution in [3.8, 4) is 5.75 Å². The van der Waals surface area contributed by atoms with Crippen molar-refractivity contribution in [2.75, 3.05) is 0 Å². The second kappa shape index (κ2) is 5.10. The lowest BCUT2D eigenvalue weighted by molar-refractivity contribution is -0.114. The van der Waals surface area contributed by atoms with Crippen LogP contribution >= 0.6 is 0 Å². The Morgan fingerprint density at radius 2 is 1.79 bits per heavy atom. The predicted octanol–water partition coefficient (Wildman–Crippen LogP) is 4.81. The summed E-state index contributed by atoms with van der Waals surface area (Å²) in [4.78, 5) is 0. The van der Waals surface area contributed by atoms with Gasteiger partial charge in [-0.2, -0.15) is 5.10 Å². The fourth-order valence-electron chi connectivity index (χ4n) is 4.41. The smallest absolute Gasteiger partial charge is 0.198 e. The Morgan fingerprint density at radius 3 is 2.58 bits per heavy atom. The van der Waals surface area contributed by atoms with Crippen molar-refractivity contribution >= 4 is 5.71 Å². The maximum atomic E-state index is 6.52. The molecule has 1 aliphatic carbocycles. The van der Waals surface area contributed by atoms with Crippen LogP contribution in [-0.4, -0.2) is 16.4 Å². The van der Waals surface area contributed by atoms with Gasteiger partial charge in [0.1, 0.15) is 5.75 Å². The molecule has 0 N–H and O–H groups in total. The quantitative estimate of drug-likeness (QED) is 0.754. The zero-order valence-electron chi connectivity index (χ0n) is 14.0. The molecular formula is C21H22N2O. The van der Waals surface area contributed by atoms with Crippen molar-refractivity contribution in [2.45, 2.75) is 50.8 Å². The second-order valence-electron chi connectivity index (χ2n) is 7.27. The van der Waals surface area contributed by atoms with Gasteiger partial charge in [-0.15, -0.1) is 0 Å². The predicted molar refractivity (Wildman–Crippen MR) is 95.2 cm³/mol. The van der Waals surface area contributed by atoms with E-state index in [0.29, 0.717) is 6.04 Å². The monoisotopic (exact) mass is 318 g/mol. The van der Waals surface area contributed by atoms with Crippen molar-refractivity contribution in [1.29, 1.82) is 0 Å². The van der Waals surface area contributed by atoms with Crippen LogP contribution in [0.25, 0.3) is 0 Å². The van der Waals surface area contributed by atoms with E-state index in [1.165, 1.54) is 35.2 Å². The van der Waals surface area contributed by atoms with Gasteiger partial charge in [-0.3, -0.25) is 0 Å². The highest BCUT2D eigenvalue weighted by molar-refractivity contribution is 6.02. The van der Waals surface area contributed by atoms with E-state index in [2.05, 4.69) is 60.5 Å². The molecule has 122 valence electrons. The number of rotatable bonds is 1. The number of fused-ring (bicyclic) bond motifs is 4. The third-order valence-corrected chi connectivity index (χ3v) is 5.68. The average Bonchev–Trinajstić information content (AvgIpc) is 3.24. The van der Waals surface area contributed by atoms with Gasteiger partial charge in [0.25, 0.3) is 0 Å². The Labute approximate surface area is 142 Å². The molecule has 0 radical (unpaired) electrons. The van der Waals surface area contributed by atoms with Crippen LogP contribution in [0.4, 0.5) is 0 Å². The Bertz CT molecular complexity index is 803. The van der Waals surface area contributed by atoms with Crippen molar-refractivity contribution in [1.82, 2.24) is 5.01 Å². The number of benzene rings is 2. The fourth-order valence-corrected chi connectivity index (χ4v) is 4.41. The van der Waals surface area contributed by atoms with E-state index < -0.39 is 0 Å². The minimum atomic E-state index is -0.231. The molecule has 24 heavy (non-hydrogen) atoms. The maximum Gasteiger partial charge on any atom is 0.198 e. The highest BCUT2D eigenvalue weighted by Crippen LogP contribution is 2.51. The number of hydrogen-bond acceptors (Lipinski definition) is 3. The SMILES string of the molecule is Cc1ccc(C2=NN3C(C2)c2ccccc2OC32CCCC2)cc1. The molecule has 2 aromatic rings. The minimum Gasteiger partial charge on any atom is -0.466 e. The maximum absolute atomic E-state index is 6.52. The molecule has 2 aromatic carbocycles. The van der Waals surface area contributed by atoms with Crippen LogP contribution in [-0.2, 0) is 0 Å². The summed E-state index contributed by atoms with van der Waals surface area (Å²) < 4.78 is 6.52. The third-order valence-electron chi connectivity index (χ3n) is 5.68. The largest absolute Gasteiger partial charge is 0.466 e. The van der Waals surface area contributed by atoms with Crippen LogP contribution in [0.2, 0.25) is 0 Å². The van der Waals surface area contributed by atoms with E-state index >= 15 is 0 Å². The summed E-state index contributed by atoms with van der Waals surface area (Å²) in [6, 6.07) is 17.5. The molecule has 0 bridgehead atoms. The van der Waals surface area contributed by atoms with E-state index in [0.717, 1.165) is 25.0 Å². The average molecular weight is 318 g/mol. The number of ether oxygens (including phenoxy) is 1. The van der Waals surface area contributed by atoms with Gasteiger partial charge in [0.2, 0.25) is 0 Å². The molecule has 1 fully saturated rings. The van der Waals surface area contributed by atoms with Crippen LogP contribution in [0.15, 0.2) is 53.6 Å². The zero-order chi connectivity index (χ0) is 16.1. The molecule has 3 nitrogen and oxygen atoms in total. The number of hydrogen-bond donors (Lipinski definition) is 0. The molecule has 1 spiro atoms. The first-order valence-electron chi connectivity index (χ1n) is 8.97. The third kappa shape index (κ3) is 2.00. The fraction of sp³-hybridized carbons (Fsp3) is 0.381. The van der Waals surface area contributed by atoms with Crippen molar-refractivity contribution < 1.29 is 4.74 Å². The van der Waals surface area contributed by atoms with E-state index in [1.54, 1.807) is 0 Å². The Morgan fingerprint density at radius 1 is 1.04 bits per heavy atom. The summed E-state index contributed by atoms with van der Waals surface area (Å²) in [7, 11) is 0. The number of aryl methyl sites for hydroxylation is 1. The standard InChI is InChI=1S/C21H22N2O/c1-15-8-10-16(11-9-15)18-14-19-17-6-2-3-7-20(17)24-21(23(19)22-18)12-4-5-13-21/h2-3,6-11,19H,4-5,12-14H2,1H3. The molecule has 2 heterocycles. The van der Waals surface area contributed by atoms with Crippen molar-refractivity contribution in [3.63, 3.8) is 0 Å². The van der Waals surface area contributed by atoms with E-state index in [1.807, 2.05) is 0 Å². The highest BCUT2D eigenvalue weighted by Gasteiger charge is 2.51. The van der Waals surface area contributed by atoms with Gasteiger partial charge in [0.05, 0.1) is 11.8 Å². The molecule has 1 saturated carbocycles. The molecule has 1 atom stereocenters. The lowest BCUT2D eigenvalue weighted by atomic mass is 9.94. The van der Waals surface area contributed by atoms with Crippen LogP contribution < -0.4 is 4.74 Å². The molecule has 3 heteroatoms. The van der Waals surface area contributed by atoms with E-state index in [-0.39, 0.29) is 5.72 Å². The Balaban J connectivity index is 1.59. The molecule has 2 aliphatic heterocycles. The first kappa shape index (κ1) is 14.1. The molecule has 0 amide bonds.